The van der Waals surface area contributed by atoms with Crippen LogP contribution in [0.25, 0.3) is 0 Å². The minimum Gasteiger partial charge on any atom is -0.322 e. The summed E-state index contributed by atoms with van der Waals surface area (Å²) in [5, 5.41) is 6.62. The first-order valence-corrected chi connectivity index (χ1v) is 7.54. The molecule has 0 radical (unpaired) electrons. The summed E-state index contributed by atoms with van der Waals surface area (Å²) in [6.45, 7) is 5.55. The number of hydrogen-bond donors (Lipinski definition) is 1. The van der Waals surface area contributed by atoms with E-state index in [2.05, 4.69) is 10.4 Å². The van der Waals surface area contributed by atoms with Gasteiger partial charge in [-0.1, -0.05) is 13.8 Å². The average molecular weight is 319 g/mol. The van der Waals surface area contributed by atoms with Crippen molar-refractivity contribution in [2.75, 3.05) is 5.32 Å². The second-order valence-electron chi connectivity index (χ2n) is 6.66. The number of benzene rings is 1. The van der Waals surface area contributed by atoms with Gasteiger partial charge in [0.05, 0.1) is 5.69 Å². The molecular formula is C17H19F2N3O. The smallest absolute Gasteiger partial charge is 0.262 e. The zero-order chi connectivity index (χ0) is 16.9. The molecule has 0 spiro atoms. The minimum absolute atomic E-state index is 0.0807. The van der Waals surface area contributed by atoms with Crippen LogP contribution in [0.3, 0.4) is 0 Å². The van der Waals surface area contributed by atoms with Crippen LogP contribution < -0.4 is 5.32 Å². The molecule has 1 aliphatic carbocycles. The fraction of sp³-hybridized carbons (Fsp3) is 0.412. The molecular weight excluding hydrogens is 300 g/mol. The van der Waals surface area contributed by atoms with Gasteiger partial charge in [0.15, 0.2) is 0 Å². The lowest BCUT2D eigenvalue weighted by Gasteiger charge is -2.20. The lowest BCUT2D eigenvalue weighted by Crippen LogP contribution is -2.17. The van der Waals surface area contributed by atoms with Gasteiger partial charge in [0.2, 0.25) is 5.95 Å². The molecule has 3 rings (SSSR count). The lowest BCUT2D eigenvalue weighted by molar-refractivity contribution is 0.102. The summed E-state index contributed by atoms with van der Waals surface area (Å²) >= 11 is 0. The van der Waals surface area contributed by atoms with Crippen LogP contribution in [0, 0.1) is 18.7 Å². The van der Waals surface area contributed by atoms with E-state index in [0.29, 0.717) is 23.4 Å². The third-order valence-electron chi connectivity index (χ3n) is 4.57. The van der Waals surface area contributed by atoms with Crippen LogP contribution >= 0.6 is 0 Å². The molecule has 0 aliphatic heterocycles. The maximum Gasteiger partial charge on any atom is 0.262 e. The quantitative estimate of drug-likeness (QED) is 0.921. The Morgan fingerprint density at radius 3 is 2.65 bits per heavy atom. The molecule has 2 aromatic rings. The molecule has 23 heavy (non-hydrogen) atoms. The maximum atomic E-state index is 14.2. The number of nitrogens with one attached hydrogen (secondary N) is 1. The van der Waals surface area contributed by atoms with Crippen molar-refractivity contribution in [2.45, 2.75) is 39.0 Å². The highest BCUT2D eigenvalue weighted by Gasteiger charge is 2.35. The maximum absolute atomic E-state index is 14.2. The predicted octanol–water partition coefficient (Wildman–Crippen LogP) is 3.48. The first kappa shape index (κ1) is 15.6. The fourth-order valence-corrected chi connectivity index (χ4v) is 3.36. The third kappa shape index (κ3) is 2.42. The van der Waals surface area contributed by atoms with Crippen LogP contribution in [0.4, 0.5) is 14.5 Å². The summed E-state index contributed by atoms with van der Waals surface area (Å²) < 4.78 is 29.2. The second-order valence-corrected chi connectivity index (χ2v) is 6.66. The number of anilines is 1. The summed E-state index contributed by atoms with van der Waals surface area (Å²) in [6, 6.07) is 2.89. The van der Waals surface area contributed by atoms with Crippen molar-refractivity contribution in [1.29, 1.82) is 0 Å². The molecule has 0 bridgehead atoms. The summed E-state index contributed by atoms with van der Waals surface area (Å²) in [5.74, 6) is -1.50. The summed E-state index contributed by atoms with van der Waals surface area (Å²) in [4.78, 5) is 12.4. The van der Waals surface area contributed by atoms with Gasteiger partial charge in [0.25, 0.3) is 5.91 Å². The van der Waals surface area contributed by atoms with Gasteiger partial charge in [-0.3, -0.25) is 4.79 Å². The van der Waals surface area contributed by atoms with Crippen molar-refractivity contribution in [3.8, 4) is 0 Å². The van der Waals surface area contributed by atoms with Gasteiger partial charge >= 0.3 is 0 Å². The fourth-order valence-electron chi connectivity index (χ4n) is 3.36. The Balaban J connectivity index is 1.99. The largest absolute Gasteiger partial charge is 0.322 e. The van der Waals surface area contributed by atoms with Gasteiger partial charge in [-0.25, -0.2) is 9.07 Å². The van der Waals surface area contributed by atoms with Crippen molar-refractivity contribution < 1.29 is 13.6 Å². The number of halogens is 2. The molecule has 1 N–H and O–H groups in total. The van der Waals surface area contributed by atoms with E-state index in [-0.39, 0.29) is 16.8 Å². The number of carbonyl (C=O) groups is 1. The van der Waals surface area contributed by atoms with Crippen LogP contribution in [-0.2, 0) is 18.9 Å². The van der Waals surface area contributed by atoms with Crippen molar-refractivity contribution >= 4 is 11.6 Å². The number of fused-ring (bicyclic) bond motifs is 1. The van der Waals surface area contributed by atoms with Crippen molar-refractivity contribution in [3.63, 3.8) is 0 Å². The lowest BCUT2D eigenvalue weighted by atomic mass is 9.86. The number of aryl methyl sites for hydroxylation is 2. The van der Waals surface area contributed by atoms with E-state index in [4.69, 9.17) is 0 Å². The Morgan fingerprint density at radius 1 is 1.35 bits per heavy atom. The Hall–Kier alpha value is -2.24. The van der Waals surface area contributed by atoms with E-state index in [1.807, 2.05) is 13.8 Å². The van der Waals surface area contributed by atoms with E-state index in [0.717, 1.165) is 16.7 Å². The molecule has 1 heterocycles. The molecule has 122 valence electrons. The molecule has 4 nitrogen and oxygen atoms in total. The van der Waals surface area contributed by atoms with Crippen molar-refractivity contribution in [3.05, 3.63) is 46.3 Å². The van der Waals surface area contributed by atoms with Crippen LogP contribution in [-0.4, -0.2) is 15.7 Å². The Bertz CT molecular complexity index is 809. The van der Waals surface area contributed by atoms with Crippen LogP contribution in [0.2, 0.25) is 0 Å². The molecule has 1 aliphatic rings. The highest BCUT2D eigenvalue weighted by atomic mass is 19.1. The van der Waals surface area contributed by atoms with Gasteiger partial charge in [-0.15, -0.1) is 0 Å². The monoisotopic (exact) mass is 319 g/mol. The van der Waals surface area contributed by atoms with Crippen LogP contribution in [0.5, 0.6) is 0 Å². The van der Waals surface area contributed by atoms with Crippen LogP contribution in [0.15, 0.2) is 12.1 Å². The molecule has 0 saturated carbocycles. The molecule has 0 fully saturated rings. The van der Waals surface area contributed by atoms with E-state index in [9.17, 15) is 13.6 Å². The van der Waals surface area contributed by atoms with Gasteiger partial charge in [0.1, 0.15) is 11.4 Å². The predicted molar refractivity (Wildman–Crippen MR) is 83.6 cm³/mol. The first-order chi connectivity index (χ1) is 10.7. The van der Waals surface area contributed by atoms with Crippen molar-refractivity contribution in [1.82, 2.24) is 9.78 Å². The standard InChI is InChI=1S/C17H19F2N3O/c1-9-13(15(19)22(4)21-9)16(23)20-12-6-5-11(18)14-10(12)7-8-17(14,2)3/h5-6H,7-8H2,1-4H3,(H,20,23). The van der Waals surface area contributed by atoms with Gasteiger partial charge in [-0.2, -0.15) is 9.49 Å². The van der Waals surface area contributed by atoms with E-state index >= 15 is 0 Å². The highest BCUT2D eigenvalue weighted by molar-refractivity contribution is 6.05. The molecule has 1 aromatic heterocycles. The van der Waals surface area contributed by atoms with Crippen LogP contribution in [0.1, 0.15) is 47.4 Å². The summed E-state index contributed by atoms with van der Waals surface area (Å²) in [5.41, 5.74) is 1.95. The topological polar surface area (TPSA) is 46.9 Å². The zero-order valence-electron chi connectivity index (χ0n) is 13.6. The number of nitrogens with zero attached hydrogens (tertiary/aromatic N) is 2. The van der Waals surface area contributed by atoms with Gasteiger partial charge in [-0.05, 0) is 48.4 Å². The number of amides is 1. The second kappa shape index (κ2) is 5.15. The third-order valence-corrected chi connectivity index (χ3v) is 4.57. The number of rotatable bonds is 2. The minimum atomic E-state index is -0.681. The summed E-state index contributed by atoms with van der Waals surface area (Å²) in [6.07, 6.45) is 1.50. The highest BCUT2D eigenvalue weighted by Crippen LogP contribution is 2.43. The summed E-state index contributed by atoms with van der Waals surface area (Å²) in [7, 11) is 1.44. The first-order valence-electron chi connectivity index (χ1n) is 7.54. The molecule has 6 heteroatoms. The van der Waals surface area contributed by atoms with Gasteiger partial charge in [0, 0.05) is 12.7 Å². The Kier molecular flexibility index (Phi) is 3.50. The Labute approximate surface area is 133 Å². The number of aromatic nitrogens is 2. The molecule has 1 aromatic carbocycles. The number of carbonyl (C=O) groups excluding carboxylic acids is 1. The van der Waals surface area contributed by atoms with E-state index < -0.39 is 11.9 Å². The Morgan fingerprint density at radius 2 is 2.04 bits per heavy atom. The zero-order valence-corrected chi connectivity index (χ0v) is 13.6. The molecule has 0 unspecified atom stereocenters. The van der Waals surface area contributed by atoms with Gasteiger partial charge < -0.3 is 5.32 Å². The normalized spacial score (nSPS) is 15.6. The number of hydrogen-bond acceptors (Lipinski definition) is 2. The van der Waals surface area contributed by atoms with Crippen molar-refractivity contribution in [2.24, 2.45) is 7.05 Å². The molecule has 0 atom stereocenters. The molecule has 1 amide bonds. The average Bonchev–Trinajstić information content (AvgIpc) is 2.91. The SMILES string of the molecule is Cc1nn(C)c(F)c1C(=O)Nc1ccc(F)c2c1CCC2(C)C. The van der Waals surface area contributed by atoms with E-state index in [1.54, 1.807) is 6.92 Å². The van der Waals surface area contributed by atoms with E-state index in [1.165, 1.54) is 19.2 Å². The molecule has 0 saturated heterocycles.